The number of amides is 2. The van der Waals surface area contributed by atoms with E-state index in [1.807, 2.05) is 31.2 Å². The zero-order valence-corrected chi connectivity index (χ0v) is 17.9. The van der Waals surface area contributed by atoms with E-state index in [1.54, 1.807) is 18.4 Å². The van der Waals surface area contributed by atoms with Crippen molar-refractivity contribution in [3.05, 3.63) is 46.6 Å². The number of nitrogens with one attached hydrogen (secondary N) is 1. The fraction of sp³-hybridized carbons (Fsp3) is 0.364. The molecule has 0 bridgehead atoms. The van der Waals surface area contributed by atoms with Crippen LogP contribution in [0, 0.1) is 6.92 Å². The predicted octanol–water partition coefficient (Wildman–Crippen LogP) is 3.35. The number of fused-ring (bicyclic) bond motifs is 3. The third kappa shape index (κ3) is 4.43. The van der Waals surface area contributed by atoms with E-state index in [9.17, 15) is 9.59 Å². The summed E-state index contributed by atoms with van der Waals surface area (Å²) in [6.07, 6.45) is 5.87. The highest BCUT2D eigenvalue weighted by molar-refractivity contribution is 7.18. The number of thiophene rings is 1. The number of likely N-dealkylation sites (N-methyl/N-ethyl adjacent to an activating group) is 1. The van der Waals surface area contributed by atoms with Gasteiger partial charge in [-0.05, 0) is 50.3 Å². The molecule has 2 amide bonds. The monoisotopic (exact) mass is 424 g/mol. The van der Waals surface area contributed by atoms with Gasteiger partial charge in [-0.3, -0.25) is 9.59 Å². The Bertz CT molecular complexity index is 1080. The molecule has 0 saturated carbocycles. The smallest absolute Gasteiger partial charge is 0.260 e. The summed E-state index contributed by atoms with van der Waals surface area (Å²) in [5, 5.41) is 3.73. The molecule has 8 heteroatoms. The molecule has 0 atom stereocenters. The molecule has 1 aliphatic carbocycles. The molecular weight excluding hydrogens is 400 g/mol. The van der Waals surface area contributed by atoms with Crippen LogP contribution in [0.2, 0.25) is 0 Å². The van der Waals surface area contributed by atoms with Crippen LogP contribution >= 0.6 is 11.3 Å². The molecule has 2 aromatic heterocycles. The average molecular weight is 425 g/mol. The van der Waals surface area contributed by atoms with Crippen molar-refractivity contribution >= 4 is 39.1 Å². The van der Waals surface area contributed by atoms with Crippen molar-refractivity contribution in [3.63, 3.8) is 0 Å². The summed E-state index contributed by atoms with van der Waals surface area (Å²) in [7, 11) is 1.59. The molecule has 0 aliphatic heterocycles. The van der Waals surface area contributed by atoms with E-state index in [0.29, 0.717) is 11.6 Å². The fourth-order valence-electron chi connectivity index (χ4n) is 3.55. The number of rotatable bonds is 6. The first-order valence-corrected chi connectivity index (χ1v) is 10.8. The van der Waals surface area contributed by atoms with Crippen molar-refractivity contribution in [2.45, 2.75) is 32.6 Å². The van der Waals surface area contributed by atoms with Crippen LogP contribution < -0.4 is 10.1 Å². The normalized spacial score (nSPS) is 13.0. The molecule has 30 heavy (non-hydrogen) atoms. The van der Waals surface area contributed by atoms with E-state index in [0.717, 1.165) is 35.0 Å². The molecule has 7 nitrogen and oxygen atoms in total. The highest BCUT2D eigenvalue weighted by Crippen LogP contribution is 2.38. The molecule has 2 heterocycles. The first-order valence-electron chi connectivity index (χ1n) is 10.00. The third-order valence-electron chi connectivity index (χ3n) is 5.19. The number of benzene rings is 1. The van der Waals surface area contributed by atoms with Crippen molar-refractivity contribution in [2.75, 3.05) is 25.5 Å². The molecule has 1 aromatic carbocycles. The molecule has 0 unspecified atom stereocenters. The SMILES string of the molecule is Cc1ccc(NC(=O)CN(C)C(=O)COc2ncnc3sc4c(c23)CCCC4)cc1. The first kappa shape index (κ1) is 20.3. The molecule has 0 fully saturated rings. The van der Waals surface area contributed by atoms with Crippen LogP contribution in [0.4, 0.5) is 5.69 Å². The zero-order chi connectivity index (χ0) is 21.1. The minimum absolute atomic E-state index is 0.0525. The molecule has 3 aromatic rings. The van der Waals surface area contributed by atoms with Gasteiger partial charge in [-0.15, -0.1) is 11.3 Å². The summed E-state index contributed by atoms with van der Waals surface area (Å²) in [6, 6.07) is 7.51. The summed E-state index contributed by atoms with van der Waals surface area (Å²) < 4.78 is 5.77. The Morgan fingerprint density at radius 2 is 1.93 bits per heavy atom. The number of carbonyl (C=O) groups excluding carboxylic acids is 2. The quantitative estimate of drug-likeness (QED) is 0.656. The Balaban J connectivity index is 1.36. The lowest BCUT2D eigenvalue weighted by Crippen LogP contribution is -2.37. The topological polar surface area (TPSA) is 84.4 Å². The lowest BCUT2D eigenvalue weighted by atomic mass is 9.97. The Kier molecular flexibility index (Phi) is 5.94. The Hall–Kier alpha value is -3.00. The number of carbonyl (C=O) groups is 2. The van der Waals surface area contributed by atoms with Crippen molar-refractivity contribution in [3.8, 4) is 5.88 Å². The average Bonchev–Trinajstić information content (AvgIpc) is 3.12. The lowest BCUT2D eigenvalue weighted by Gasteiger charge is -2.17. The molecule has 4 rings (SSSR count). The fourth-order valence-corrected chi connectivity index (χ4v) is 4.77. The van der Waals surface area contributed by atoms with Gasteiger partial charge >= 0.3 is 0 Å². The maximum Gasteiger partial charge on any atom is 0.260 e. The van der Waals surface area contributed by atoms with Crippen LogP contribution in [0.25, 0.3) is 10.2 Å². The number of hydrogen-bond acceptors (Lipinski definition) is 6. The van der Waals surface area contributed by atoms with Gasteiger partial charge in [0.1, 0.15) is 11.2 Å². The predicted molar refractivity (Wildman–Crippen MR) is 117 cm³/mol. The second-order valence-electron chi connectivity index (χ2n) is 7.52. The van der Waals surface area contributed by atoms with E-state index >= 15 is 0 Å². The van der Waals surface area contributed by atoms with Crippen molar-refractivity contribution in [2.24, 2.45) is 0 Å². The zero-order valence-electron chi connectivity index (χ0n) is 17.1. The van der Waals surface area contributed by atoms with Crippen LogP contribution in [0.1, 0.15) is 28.8 Å². The molecule has 1 aliphatic rings. The summed E-state index contributed by atoms with van der Waals surface area (Å²) >= 11 is 1.69. The van der Waals surface area contributed by atoms with Gasteiger partial charge in [0, 0.05) is 17.6 Å². The Morgan fingerprint density at radius 1 is 1.17 bits per heavy atom. The Morgan fingerprint density at radius 3 is 2.73 bits per heavy atom. The van der Waals surface area contributed by atoms with Crippen molar-refractivity contribution < 1.29 is 14.3 Å². The second-order valence-corrected chi connectivity index (χ2v) is 8.61. The van der Waals surface area contributed by atoms with Gasteiger partial charge in [-0.2, -0.15) is 0 Å². The number of hydrogen-bond donors (Lipinski definition) is 1. The molecule has 156 valence electrons. The Labute approximate surface area is 179 Å². The minimum atomic E-state index is -0.287. The summed E-state index contributed by atoms with van der Waals surface area (Å²) in [5.41, 5.74) is 3.08. The second kappa shape index (κ2) is 8.79. The van der Waals surface area contributed by atoms with Gasteiger partial charge in [-0.1, -0.05) is 17.7 Å². The maximum atomic E-state index is 12.5. The van der Waals surface area contributed by atoms with Gasteiger partial charge in [0.25, 0.3) is 5.91 Å². The van der Waals surface area contributed by atoms with E-state index in [2.05, 4.69) is 15.3 Å². The highest BCUT2D eigenvalue weighted by Gasteiger charge is 2.21. The summed E-state index contributed by atoms with van der Waals surface area (Å²) in [6.45, 7) is 1.75. The molecule has 0 radical (unpaired) electrons. The van der Waals surface area contributed by atoms with Gasteiger partial charge in [0.15, 0.2) is 6.61 Å². The molecule has 0 spiro atoms. The standard InChI is InChI=1S/C22H24N4O3S/c1-14-7-9-15(10-8-14)25-18(27)11-26(2)19(28)12-29-21-20-16-5-3-4-6-17(16)30-22(20)24-13-23-21/h7-10,13H,3-6,11-12H2,1-2H3,(H,25,27). The number of ether oxygens (including phenoxy) is 1. The summed E-state index contributed by atoms with van der Waals surface area (Å²) in [5.74, 6) is -0.0961. The van der Waals surface area contributed by atoms with E-state index in [-0.39, 0.29) is 25.0 Å². The van der Waals surface area contributed by atoms with Crippen LogP contribution in [0.3, 0.4) is 0 Å². The van der Waals surface area contributed by atoms with Gasteiger partial charge in [0.2, 0.25) is 11.8 Å². The number of anilines is 1. The number of nitrogens with zero attached hydrogens (tertiary/aromatic N) is 3. The summed E-state index contributed by atoms with van der Waals surface area (Å²) in [4.78, 5) is 37.0. The van der Waals surface area contributed by atoms with E-state index in [4.69, 9.17) is 4.74 Å². The molecule has 1 N–H and O–H groups in total. The van der Waals surface area contributed by atoms with Crippen molar-refractivity contribution in [1.82, 2.24) is 14.9 Å². The first-order chi connectivity index (χ1) is 14.5. The van der Waals surface area contributed by atoms with E-state index < -0.39 is 0 Å². The van der Waals surface area contributed by atoms with Crippen molar-refractivity contribution in [1.29, 1.82) is 0 Å². The molecular formula is C22H24N4O3S. The van der Waals surface area contributed by atoms with Crippen LogP contribution in [-0.2, 0) is 22.4 Å². The highest BCUT2D eigenvalue weighted by atomic mass is 32.1. The van der Waals surface area contributed by atoms with Gasteiger partial charge in [0.05, 0.1) is 11.9 Å². The van der Waals surface area contributed by atoms with Crippen LogP contribution in [-0.4, -0.2) is 46.9 Å². The largest absolute Gasteiger partial charge is 0.467 e. The van der Waals surface area contributed by atoms with Gasteiger partial charge < -0.3 is 15.0 Å². The minimum Gasteiger partial charge on any atom is -0.467 e. The number of aromatic nitrogens is 2. The van der Waals surface area contributed by atoms with Crippen LogP contribution in [0.15, 0.2) is 30.6 Å². The number of aryl methyl sites for hydroxylation is 3. The third-order valence-corrected chi connectivity index (χ3v) is 6.39. The van der Waals surface area contributed by atoms with E-state index in [1.165, 1.54) is 28.1 Å². The lowest BCUT2D eigenvalue weighted by molar-refractivity contribution is -0.135. The van der Waals surface area contributed by atoms with Gasteiger partial charge in [-0.25, -0.2) is 9.97 Å². The maximum absolute atomic E-state index is 12.5. The molecule has 0 saturated heterocycles. The van der Waals surface area contributed by atoms with Crippen LogP contribution in [0.5, 0.6) is 5.88 Å².